The van der Waals surface area contributed by atoms with Gasteiger partial charge in [-0.25, -0.2) is 8.78 Å². The first-order chi connectivity index (χ1) is 8.17. The summed E-state index contributed by atoms with van der Waals surface area (Å²) < 4.78 is 30.0. The summed E-state index contributed by atoms with van der Waals surface area (Å²) >= 11 is 5.58. The van der Waals surface area contributed by atoms with Crippen LogP contribution in [-0.4, -0.2) is 37.0 Å². The van der Waals surface area contributed by atoms with Crippen LogP contribution in [0, 0.1) is 0 Å². The Morgan fingerprint density at radius 1 is 1.47 bits per heavy atom. The van der Waals surface area contributed by atoms with Gasteiger partial charge in [0.15, 0.2) is 0 Å². The fraction of sp³-hybridized carbons (Fsp3) is 0.545. The van der Waals surface area contributed by atoms with Gasteiger partial charge in [0, 0.05) is 18.5 Å². The SMILES string of the molecule is CCOc1cccc(N(CCCl)CC(F)F)n1. The van der Waals surface area contributed by atoms with Crippen LogP contribution in [0.2, 0.25) is 0 Å². The van der Waals surface area contributed by atoms with Crippen molar-refractivity contribution in [3.8, 4) is 5.88 Å². The van der Waals surface area contributed by atoms with Crippen molar-refractivity contribution in [1.29, 1.82) is 0 Å². The largest absolute Gasteiger partial charge is 0.478 e. The molecule has 1 aromatic heterocycles. The van der Waals surface area contributed by atoms with E-state index in [0.717, 1.165) is 0 Å². The average Bonchev–Trinajstić information content (AvgIpc) is 2.29. The van der Waals surface area contributed by atoms with Gasteiger partial charge in [0.2, 0.25) is 5.88 Å². The van der Waals surface area contributed by atoms with E-state index in [1.165, 1.54) is 4.90 Å². The number of hydrogen-bond donors (Lipinski definition) is 0. The van der Waals surface area contributed by atoms with Crippen molar-refractivity contribution in [3.63, 3.8) is 0 Å². The minimum Gasteiger partial charge on any atom is -0.478 e. The molecule has 0 aliphatic rings. The Hall–Kier alpha value is -1.10. The number of pyridine rings is 1. The van der Waals surface area contributed by atoms with Crippen LogP contribution in [-0.2, 0) is 0 Å². The summed E-state index contributed by atoms with van der Waals surface area (Å²) in [5.74, 6) is 1.16. The van der Waals surface area contributed by atoms with Crippen molar-refractivity contribution in [3.05, 3.63) is 18.2 Å². The van der Waals surface area contributed by atoms with E-state index < -0.39 is 6.43 Å². The summed E-state index contributed by atoms with van der Waals surface area (Å²) in [4.78, 5) is 5.59. The zero-order valence-electron chi connectivity index (χ0n) is 9.57. The summed E-state index contributed by atoms with van der Waals surface area (Å²) in [6.45, 7) is 2.27. The molecule has 0 N–H and O–H groups in total. The lowest BCUT2D eigenvalue weighted by molar-refractivity contribution is 0.155. The zero-order chi connectivity index (χ0) is 12.7. The fourth-order valence-corrected chi connectivity index (χ4v) is 1.58. The van der Waals surface area contributed by atoms with Crippen LogP contribution in [0.25, 0.3) is 0 Å². The molecule has 0 fully saturated rings. The van der Waals surface area contributed by atoms with Gasteiger partial charge in [-0.15, -0.1) is 11.6 Å². The lowest BCUT2D eigenvalue weighted by Crippen LogP contribution is -2.31. The molecular weight excluding hydrogens is 250 g/mol. The van der Waals surface area contributed by atoms with Crippen LogP contribution < -0.4 is 9.64 Å². The molecule has 0 unspecified atom stereocenters. The van der Waals surface area contributed by atoms with E-state index >= 15 is 0 Å². The molecule has 0 aromatic carbocycles. The summed E-state index contributed by atoms with van der Waals surface area (Å²) in [5, 5.41) is 0. The molecule has 6 heteroatoms. The van der Waals surface area contributed by atoms with E-state index in [-0.39, 0.29) is 12.4 Å². The van der Waals surface area contributed by atoms with Gasteiger partial charge in [0.25, 0.3) is 6.43 Å². The van der Waals surface area contributed by atoms with Crippen LogP contribution in [0.3, 0.4) is 0 Å². The van der Waals surface area contributed by atoms with Crippen molar-refractivity contribution < 1.29 is 13.5 Å². The maximum Gasteiger partial charge on any atom is 0.255 e. The molecule has 17 heavy (non-hydrogen) atoms. The quantitative estimate of drug-likeness (QED) is 0.708. The molecule has 1 aromatic rings. The van der Waals surface area contributed by atoms with Crippen LogP contribution in [0.15, 0.2) is 18.2 Å². The summed E-state index contributed by atoms with van der Waals surface area (Å²) in [5.41, 5.74) is 0. The predicted octanol–water partition coefficient (Wildman–Crippen LogP) is 2.79. The Morgan fingerprint density at radius 2 is 2.24 bits per heavy atom. The van der Waals surface area contributed by atoms with Gasteiger partial charge in [0.05, 0.1) is 13.2 Å². The molecular formula is C11H15ClF2N2O. The van der Waals surface area contributed by atoms with Crippen LogP contribution in [0.5, 0.6) is 5.88 Å². The first-order valence-corrected chi connectivity index (χ1v) is 5.89. The Kier molecular flexibility index (Phi) is 5.97. The molecule has 3 nitrogen and oxygen atoms in total. The highest BCUT2D eigenvalue weighted by atomic mass is 35.5. The molecule has 0 radical (unpaired) electrons. The standard InChI is InChI=1S/C11H15ClF2N2O/c1-2-17-11-5-3-4-10(15-11)16(7-6-12)8-9(13)14/h3-5,9H,2,6-8H2,1H3. The zero-order valence-corrected chi connectivity index (χ0v) is 10.3. The highest BCUT2D eigenvalue weighted by molar-refractivity contribution is 6.18. The van der Waals surface area contributed by atoms with Gasteiger partial charge < -0.3 is 9.64 Å². The Morgan fingerprint density at radius 3 is 2.82 bits per heavy atom. The smallest absolute Gasteiger partial charge is 0.255 e. The average molecular weight is 265 g/mol. The number of rotatable bonds is 7. The highest BCUT2D eigenvalue weighted by Gasteiger charge is 2.13. The maximum atomic E-state index is 12.4. The predicted molar refractivity (Wildman–Crippen MR) is 64.3 cm³/mol. The normalized spacial score (nSPS) is 10.6. The Balaban J connectivity index is 2.81. The van der Waals surface area contributed by atoms with Gasteiger partial charge in [-0.3, -0.25) is 0 Å². The second-order valence-corrected chi connectivity index (χ2v) is 3.67. The molecule has 0 saturated carbocycles. The van der Waals surface area contributed by atoms with Crippen LogP contribution in [0.1, 0.15) is 6.92 Å². The first-order valence-electron chi connectivity index (χ1n) is 5.36. The van der Waals surface area contributed by atoms with Gasteiger partial charge in [-0.2, -0.15) is 4.98 Å². The third kappa shape index (κ3) is 4.73. The van der Waals surface area contributed by atoms with Crippen molar-refractivity contribution in [2.24, 2.45) is 0 Å². The summed E-state index contributed by atoms with van der Waals surface area (Å²) in [7, 11) is 0. The van der Waals surface area contributed by atoms with Gasteiger partial charge in [-0.05, 0) is 13.0 Å². The van der Waals surface area contributed by atoms with Crippen molar-refractivity contribution in [2.75, 3.05) is 30.5 Å². The molecule has 0 bridgehead atoms. The van der Waals surface area contributed by atoms with Gasteiger partial charge >= 0.3 is 0 Å². The molecule has 1 rings (SSSR count). The van der Waals surface area contributed by atoms with Gasteiger partial charge in [0.1, 0.15) is 5.82 Å². The van der Waals surface area contributed by atoms with Crippen LogP contribution >= 0.6 is 11.6 Å². The maximum absolute atomic E-state index is 12.4. The molecule has 0 aliphatic carbocycles. The number of anilines is 1. The van der Waals surface area contributed by atoms with Crippen molar-refractivity contribution in [2.45, 2.75) is 13.3 Å². The van der Waals surface area contributed by atoms with E-state index in [9.17, 15) is 8.78 Å². The molecule has 0 atom stereocenters. The van der Waals surface area contributed by atoms with E-state index in [1.54, 1.807) is 18.2 Å². The number of hydrogen-bond acceptors (Lipinski definition) is 3. The third-order valence-electron chi connectivity index (χ3n) is 2.04. The van der Waals surface area contributed by atoms with E-state index in [2.05, 4.69) is 4.98 Å². The van der Waals surface area contributed by atoms with Crippen molar-refractivity contribution in [1.82, 2.24) is 4.98 Å². The van der Waals surface area contributed by atoms with E-state index in [1.807, 2.05) is 6.92 Å². The van der Waals surface area contributed by atoms with E-state index in [4.69, 9.17) is 16.3 Å². The van der Waals surface area contributed by atoms with E-state index in [0.29, 0.717) is 24.8 Å². The molecule has 0 saturated heterocycles. The minimum atomic E-state index is -2.42. The highest BCUT2D eigenvalue weighted by Crippen LogP contribution is 2.17. The lowest BCUT2D eigenvalue weighted by atomic mass is 10.4. The fourth-order valence-electron chi connectivity index (χ4n) is 1.38. The molecule has 0 aliphatic heterocycles. The molecule has 1 heterocycles. The van der Waals surface area contributed by atoms with Gasteiger partial charge in [-0.1, -0.05) is 6.07 Å². The van der Waals surface area contributed by atoms with Crippen molar-refractivity contribution >= 4 is 17.4 Å². The second-order valence-electron chi connectivity index (χ2n) is 3.29. The lowest BCUT2D eigenvalue weighted by Gasteiger charge is -2.22. The Labute approximate surface area is 104 Å². The monoisotopic (exact) mass is 264 g/mol. The molecule has 0 amide bonds. The first kappa shape index (κ1) is 14.0. The number of halogens is 3. The number of nitrogens with zero attached hydrogens (tertiary/aromatic N) is 2. The second kappa shape index (κ2) is 7.27. The Bertz CT molecular complexity index is 339. The molecule has 96 valence electrons. The summed E-state index contributed by atoms with van der Waals surface area (Å²) in [6.07, 6.45) is -2.42. The molecule has 0 spiro atoms. The minimum absolute atomic E-state index is 0.271. The number of alkyl halides is 3. The topological polar surface area (TPSA) is 25.4 Å². The van der Waals surface area contributed by atoms with Crippen LogP contribution in [0.4, 0.5) is 14.6 Å². The number of aromatic nitrogens is 1. The number of ether oxygens (including phenoxy) is 1. The third-order valence-corrected chi connectivity index (χ3v) is 2.21. The summed E-state index contributed by atoms with van der Waals surface area (Å²) in [6, 6.07) is 5.08.